The number of ether oxygens (including phenoxy) is 2. The summed E-state index contributed by atoms with van der Waals surface area (Å²) in [7, 11) is -0.589. The summed E-state index contributed by atoms with van der Waals surface area (Å²) in [4.78, 5) is 0.0906. The van der Waals surface area contributed by atoms with Gasteiger partial charge < -0.3 is 14.6 Å². The molecule has 1 N–H and O–H groups in total. The van der Waals surface area contributed by atoms with Crippen molar-refractivity contribution in [2.45, 2.75) is 11.3 Å². The van der Waals surface area contributed by atoms with Gasteiger partial charge in [-0.05, 0) is 18.6 Å². The van der Waals surface area contributed by atoms with Crippen LogP contribution in [-0.4, -0.2) is 40.1 Å². The summed E-state index contributed by atoms with van der Waals surface area (Å²) in [6.45, 7) is -0.161. The quantitative estimate of drug-likeness (QED) is 0.821. The molecule has 0 aliphatic heterocycles. The summed E-state index contributed by atoms with van der Waals surface area (Å²) >= 11 is 0. The Bertz CT molecular complexity index is 467. The predicted molar refractivity (Wildman–Crippen MR) is 63.3 cm³/mol. The van der Waals surface area contributed by atoms with Crippen molar-refractivity contribution in [3.8, 4) is 11.5 Å². The lowest BCUT2D eigenvalue weighted by molar-refractivity contribution is 0.295. The smallest absolute Gasteiger partial charge is 0.182 e. The molecule has 1 aromatic rings. The molecule has 0 saturated carbocycles. The van der Waals surface area contributed by atoms with Gasteiger partial charge in [-0.15, -0.1) is 0 Å². The highest BCUT2D eigenvalue weighted by Crippen LogP contribution is 2.29. The van der Waals surface area contributed by atoms with Gasteiger partial charge in [-0.3, -0.25) is 0 Å². The van der Waals surface area contributed by atoms with E-state index < -0.39 is 9.84 Å². The fraction of sp³-hybridized carbons (Fsp3) is 0.455. The average molecular weight is 260 g/mol. The number of hydrogen-bond acceptors (Lipinski definition) is 5. The fourth-order valence-electron chi connectivity index (χ4n) is 1.39. The highest BCUT2D eigenvalue weighted by atomic mass is 32.2. The lowest BCUT2D eigenvalue weighted by Crippen LogP contribution is -2.10. The number of benzene rings is 1. The molecule has 0 fully saturated rings. The number of methoxy groups -OCH3 is 2. The van der Waals surface area contributed by atoms with Crippen LogP contribution in [0.4, 0.5) is 0 Å². The van der Waals surface area contributed by atoms with Gasteiger partial charge in [0, 0.05) is 12.7 Å². The van der Waals surface area contributed by atoms with Crippen LogP contribution in [0.5, 0.6) is 11.5 Å². The maximum Gasteiger partial charge on any atom is 0.182 e. The van der Waals surface area contributed by atoms with Crippen molar-refractivity contribution in [2.75, 3.05) is 26.6 Å². The van der Waals surface area contributed by atoms with E-state index in [1.54, 1.807) is 12.1 Å². The predicted octanol–water partition coefficient (Wildman–Crippen LogP) is 0.860. The number of hydrogen-bond donors (Lipinski definition) is 1. The minimum absolute atomic E-state index is 0.0906. The maximum atomic E-state index is 12.0. The van der Waals surface area contributed by atoms with E-state index in [0.29, 0.717) is 5.75 Å². The summed E-state index contributed by atoms with van der Waals surface area (Å²) in [6.07, 6.45) is 0.197. The lowest BCUT2D eigenvalue weighted by atomic mass is 10.3. The van der Waals surface area contributed by atoms with Crippen LogP contribution in [0.2, 0.25) is 0 Å². The molecule has 0 unspecified atom stereocenters. The van der Waals surface area contributed by atoms with E-state index in [1.807, 2.05) is 0 Å². The van der Waals surface area contributed by atoms with Crippen molar-refractivity contribution < 1.29 is 23.0 Å². The highest BCUT2D eigenvalue weighted by Gasteiger charge is 2.20. The molecular formula is C11H16O5S. The van der Waals surface area contributed by atoms with E-state index in [9.17, 15) is 8.42 Å². The van der Waals surface area contributed by atoms with Gasteiger partial charge >= 0.3 is 0 Å². The van der Waals surface area contributed by atoms with Crippen molar-refractivity contribution in [3.63, 3.8) is 0 Å². The van der Waals surface area contributed by atoms with Gasteiger partial charge in [0.1, 0.15) is 16.4 Å². The standard InChI is InChI=1S/C11H16O5S/c1-15-9-4-5-10(16-2)11(8-9)17(13,14)7-3-6-12/h4-5,8,12H,3,6-7H2,1-2H3. The van der Waals surface area contributed by atoms with E-state index in [4.69, 9.17) is 14.6 Å². The van der Waals surface area contributed by atoms with E-state index >= 15 is 0 Å². The molecule has 0 aromatic heterocycles. The molecule has 1 rings (SSSR count). The Labute approximate surface area is 101 Å². The minimum atomic E-state index is -3.46. The van der Waals surface area contributed by atoms with Crippen molar-refractivity contribution in [2.24, 2.45) is 0 Å². The fourth-order valence-corrected chi connectivity index (χ4v) is 2.87. The van der Waals surface area contributed by atoms with Crippen LogP contribution in [0.1, 0.15) is 6.42 Å². The zero-order valence-electron chi connectivity index (χ0n) is 9.84. The monoisotopic (exact) mass is 260 g/mol. The molecule has 1 aromatic carbocycles. The minimum Gasteiger partial charge on any atom is -0.497 e. The molecule has 0 atom stereocenters. The Morgan fingerprint density at radius 2 is 1.94 bits per heavy atom. The summed E-state index contributed by atoms with van der Waals surface area (Å²) in [5.74, 6) is 0.615. The second kappa shape index (κ2) is 5.88. The molecule has 0 saturated heterocycles. The first kappa shape index (κ1) is 13.8. The SMILES string of the molecule is COc1ccc(OC)c(S(=O)(=O)CCCO)c1. The van der Waals surface area contributed by atoms with Crippen molar-refractivity contribution in [1.29, 1.82) is 0 Å². The third-order valence-electron chi connectivity index (χ3n) is 2.28. The maximum absolute atomic E-state index is 12.0. The molecule has 0 aliphatic carbocycles. The molecule has 0 aliphatic rings. The molecule has 0 radical (unpaired) electrons. The molecule has 5 nitrogen and oxygen atoms in total. The van der Waals surface area contributed by atoms with E-state index in [1.165, 1.54) is 20.3 Å². The van der Waals surface area contributed by atoms with Gasteiger partial charge in [0.15, 0.2) is 9.84 Å². The van der Waals surface area contributed by atoms with Gasteiger partial charge in [-0.1, -0.05) is 0 Å². The molecule has 6 heteroatoms. The van der Waals surface area contributed by atoms with Crippen LogP contribution >= 0.6 is 0 Å². The Balaban J connectivity index is 3.17. The number of aliphatic hydroxyl groups excluding tert-OH is 1. The second-order valence-electron chi connectivity index (χ2n) is 3.41. The van der Waals surface area contributed by atoms with E-state index in [-0.39, 0.29) is 29.4 Å². The largest absolute Gasteiger partial charge is 0.497 e. The average Bonchev–Trinajstić information content (AvgIpc) is 2.35. The summed E-state index contributed by atoms with van der Waals surface area (Å²) in [6, 6.07) is 4.60. The van der Waals surface area contributed by atoms with Gasteiger partial charge in [-0.2, -0.15) is 0 Å². The zero-order chi connectivity index (χ0) is 12.9. The van der Waals surface area contributed by atoms with Gasteiger partial charge in [0.05, 0.1) is 20.0 Å². The van der Waals surface area contributed by atoms with Crippen LogP contribution in [-0.2, 0) is 9.84 Å². The van der Waals surface area contributed by atoms with Crippen LogP contribution in [0.15, 0.2) is 23.1 Å². The molecule has 0 bridgehead atoms. The van der Waals surface area contributed by atoms with Crippen LogP contribution in [0.25, 0.3) is 0 Å². The first-order valence-corrected chi connectivity index (χ1v) is 6.76. The van der Waals surface area contributed by atoms with Crippen molar-refractivity contribution in [1.82, 2.24) is 0 Å². The lowest BCUT2D eigenvalue weighted by Gasteiger charge is -2.10. The third-order valence-corrected chi connectivity index (χ3v) is 4.09. The van der Waals surface area contributed by atoms with E-state index in [0.717, 1.165) is 0 Å². The highest BCUT2D eigenvalue weighted by molar-refractivity contribution is 7.91. The van der Waals surface area contributed by atoms with Crippen LogP contribution in [0.3, 0.4) is 0 Å². The summed E-state index contributed by atoms with van der Waals surface area (Å²) in [5, 5.41) is 8.68. The molecule has 96 valence electrons. The van der Waals surface area contributed by atoms with Crippen LogP contribution in [0, 0.1) is 0 Å². The van der Waals surface area contributed by atoms with Crippen LogP contribution < -0.4 is 9.47 Å². The molecule has 0 heterocycles. The zero-order valence-corrected chi connectivity index (χ0v) is 10.7. The Morgan fingerprint density at radius 1 is 1.24 bits per heavy atom. The molecule has 0 amide bonds. The van der Waals surface area contributed by atoms with Crippen molar-refractivity contribution >= 4 is 9.84 Å². The summed E-state index contributed by atoms with van der Waals surface area (Å²) in [5.41, 5.74) is 0. The van der Waals surface area contributed by atoms with Gasteiger partial charge in [0.2, 0.25) is 0 Å². The third kappa shape index (κ3) is 3.34. The molecule has 0 spiro atoms. The van der Waals surface area contributed by atoms with Gasteiger partial charge in [-0.25, -0.2) is 8.42 Å². The first-order valence-electron chi connectivity index (χ1n) is 5.11. The molecular weight excluding hydrogens is 244 g/mol. The van der Waals surface area contributed by atoms with E-state index in [2.05, 4.69) is 0 Å². The normalized spacial score (nSPS) is 11.2. The second-order valence-corrected chi connectivity index (χ2v) is 5.49. The summed E-state index contributed by atoms with van der Waals surface area (Å²) < 4.78 is 34.0. The number of aliphatic hydroxyl groups is 1. The number of rotatable bonds is 6. The van der Waals surface area contributed by atoms with Gasteiger partial charge in [0.25, 0.3) is 0 Å². The Hall–Kier alpha value is -1.27. The number of sulfone groups is 1. The Morgan fingerprint density at radius 3 is 2.47 bits per heavy atom. The topological polar surface area (TPSA) is 72.8 Å². The first-order chi connectivity index (χ1) is 8.05. The van der Waals surface area contributed by atoms with Crippen molar-refractivity contribution in [3.05, 3.63) is 18.2 Å². The molecule has 17 heavy (non-hydrogen) atoms. The Kier molecular flexibility index (Phi) is 4.77.